The molecule has 0 spiro atoms. The molecule has 1 saturated heterocycles. The molecule has 2 atom stereocenters. The molecule has 2 rings (SSSR count). The summed E-state index contributed by atoms with van der Waals surface area (Å²) in [5.41, 5.74) is 4.08. The Balaban J connectivity index is 2.06. The fraction of sp³-hybridized carbons (Fsp3) is 0.571. The Morgan fingerprint density at radius 2 is 2.06 bits per heavy atom. The van der Waals surface area contributed by atoms with Crippen LogP contribution in [0.2, 0.25) is 0 Å². The zero-order valence-corrected chi connectivity index (χ0v) is 11.1. The summed E-state index contributed by atoms with van der Waals surface area (Å²) in [5, 5.41) is 0. The third kappa shape index (κ3) is 3.22. The van der Waals surface area contributed by atoms with Crippen LogP contribution in [0.4, 0.5) is 0 Å². The molecule has 100 valence electrons. The SMILES string of the molecule is CC(C)Oc1ccc(C(NN)C2CCOC2)cc1. The van der Waals surface area contributed by atoms with Gasteiger partial charge in [0.2, 0.25) is 0 Å². The second kappa shape index (κ2) is 6.18. The molecule has 4 nitrogen and oxygen atoms in total. The van der Waals surface area contributed by atoms with Crippen molar-refractivity contribution in [2.75, 3.05) is 13.2 Å². The highest BCUT2D eigenvalue weighted by atomic mass is 16.5. The molecule has 0 saturated carbocycles. The molecule has 1 aliphatic heterocycles. The highest BCUT2D eigenvalue weighted by Crippen LogP contribution is 2.29. The number of nitrogens with one attached hydrogen (secondary N) is 1. The van der Waals surface area contributed by atoms with E-state index in [2.05, 4.69) is 17.6 Å². The standard InChI is InChI=1S/C14H22N2O2/c1-10(2)18-13-5-3-11(4-6-13)14(16-15)12-7-8-17-9-12/h3-6,10,12,14,16H,7-9,15H2,1-2H3. The fourth-order valence-corrected chi connectivity index (χ4v) is 2.35. The molecule has 0 bridgehead atoms. The van der Waals surface area contributed by atoms with E-state index in [9.17, 15) is 0 Å². The number of hydrogen-bond acceptors (Lipinski definition) is 4. The summed E-state index contributed by atoms with van der Waals surface area (Å²) in [4.78, 5) is 0. The number of nitrogens with two attached hydrogens (primary N) is 1. The number of rotatable bonds is 5. The highest BCUT2D eigenvalue weighted by Gasteiger charge is 2.26. The zero-order valence-electron chi connectivity index (χ0n) is 11.1. The molecule has 0 radical (unpaired) electrons. The largest absolute Gasteiger partial charge is 0.491 e. The normalized spacial score (nSPS) is 21.2. The summed E-state index contributed by atoms with van der Waals surface area (Å²) in [7, 11) is 0. The van der Waals surface area contributed by atoms with Crippen molar-refractivity contribution in [3.8, 4) is 5.75 Å². The Morgan fingerprint density at radius 3 is 2.56 bits per heavy atom. The second-order valence-electron chi connectivity index (χ2n) is 5.00. The minimum Gasteiger partial charge on any atom is -0.491 e. The van der Waals surface area contributed by atoms with E-state index in [0.717, 1.165) is 25.4 Å². The van der Waals surface area contributed by atoms with Crippen LogP contribution in [0, 0.1) is 5.92 Å². The van der Waals surface area contributed by atoms with E-state index in [1.807, 2.05) is 26.0 Å². The Hall–Kier alpha value is -1.10. The van der Waals surface area contributed by atoms with Crippen molar-refractivity contribution in [1.29, 1.82) is 0 Å². The van der Waals surface area contributed by atoms with Gasteiger partial charge >= 0.3 is 0 Å². The first-order valence-corrected chi connectivity index (χ1v) is 6.51. The van der Waals surface area contributed by atoms with Crippen LogP contribution >= 0.6 is 0 Å². The second-order valence-corrected chi connectivity index (χ2v) is 5.00. The molecule has 0 aromatic heterocycles. The lowest BCUT2D eigenvalue weighted by molar-refractivity contribution is 0.177. The van der Waals surface area contributed by atoms with Crippen molar-refractivity contribution in [3.05, 3.63) is 29.8 Å². The van der Waals surface area contributed by atoms with Gasteiger partial charge in [-0.25, -0.2) is 0 Å². The Labute approximate surface area is 108 Å². The van der Waals surface area contributed by atoms with Crippen LogP contribution in [0.3, 0.4) is 0 Å². The topological polar surface area (TPSA) is 56.5 Å². The van der Waals surface area contributed by atoms with E-state index in [4.69, 9.17) is 15.3 Å². The van der Waals surface area contributed by atoms with Crippen LogP contribution in [-0.4, -0.2) is 19.3 Å². The van der Waals surface area contributed by atoms with E-state index >= 15 is 0 Å². The summed E-state index contributed by atoms with van der Waals surface area (Å²) < 4.78 is 11.0. The summed E-state index contributed by atoms with van der Waals surface area (Å²) in [5.74, 6) is 7.01. The Kier molecular flexibility index (Phi) is 4.58. The van der Waals surface area contributed by atoms with Gasteiger partial charge in [-0.05, 0) is 38.0 Å². The van der Waals surface area contributed by atoms with Crippen molar-refractivity contribution in [1.82, 2.24) is 5.43 Å². The molecule has 2 unspecified atom stereocenters. The maximum Gasteiger partial charge on any atom is 0.119 e. The smallest absolute Gasteiger partial charge is 0.119 e. The number of hydrazine groups is 1. The van der Waals surface area contributed by atoms with Crippen molar-refractivity contribution in [2.24, 2.45) is 11.8 Å². The summed E-state index contributed by atoms with van der Waals surface area (Å²) in [6.07, 6.45) is 1.25. The van der Waals surface area contributed by atoms with Crippen LogP contribution < -0.4 is 16.0 Å². The van der Waals surface area contributed by atoms with Crippen LogP contribution in [-0.2, 0) is 4.74 Å². The molecule has 0 amide bonds. The van der Waals surface area contributed by atoms with Gasteiger partial charge in [0.05, 0.1) is 18.8 Å². The van der Waals surface area contributed by atoms with Gasteiger partial charge in [0, 0.05) is 12.5 Å². The molecule has 1 heterocycles. The van der Waals surface area contributed by atoms with E-state index in [1.54, 1.807) is 0 Å². The third-order valence-corrected chi connectivity index (χ3v) is 3.23. The van der Waals surface area contributed by atoms with Gasteiger partial charge in [-0.15, -0.1) is 0 Å². The van der Waals surface area contributed by atoms with Gasteiger partial charge in [0.15, 0.2) is 0 Å². The molecule has 1 fully saturated rings. The van der Waals surface area contributed by atoms with Crippen molar-refractivity contribution < 1.29 is 9.47 Å². The van der Waals surface area contributed by atoms with Crippen molar-refractivity contribution >= 4 is 0 Å². The molecule has 18 heavy (non-hydrogen) atoms. The maximum absolute atomic E-state index is 5.67. The number of benzene rings is 1. The molecule has 1 aliphatic rings. The summed E-state index contributed by atoms with van der Waals surface area (Å²) in [6.45, 7) is 5.65. The number of ether oxygens (including phenoxy) is 2. The van der Waals surface area contributed by atoms with Crippen molar-refractivity contribution in [2.45, 2.75) is 32.4 Å². The minimum absolute atomic E-state index is 0.153. The summed E-state index contributed by atoms with van der Waals surface area (Å²) >= 11 is 0. The van der Waals surface area contributed by atoms with Gasteiger partial charge in [0.25, 0.3) is 0 Å². The monoisotopic (exact) mass is 250 g/mol. The fourth-order valence-electron chi connectivity index (χ4n) is 2.35. The summed E-state index contributed by atoms with van der Waals surface area (Å²) in [6, 6.07) is 8.28. The molecular formula is C14H22N2O2. The first-order chi connectivity index (χ1) is 8.70. The molecule has 4 heteroatoms. The highest BCUT2D eigenvalue weighted by molar-refractivity contribution is 5.29. The Morgan fingerprint density at radius 1 is 1.33 bits per heavy atom. The molecular weight excluding hydrogens is 228 g/mol. The molecule has 1 aromatic rings. The molecule has 1 aromatic carbocycles. The molecule has 0 aliphatic carbocycles. The quantitative estimate of drug-likeness (QED) is 0.620. The van der Waals surface area contributed by atoms with E-state index < -0.39 is 0 Å². The van der Waals surface area contributed by atoms with Gasteiger partial charge in [0.1, 0.15) is 5.75 Å². The van der Waals surface area contributed by atoms with E-state index in [1.165, 1.54) is 5.56 Å². The van der Waals surface area contributed by atoms with Gasteiger partial charge in [-0.3, -0.25) is 11.3 Å². The van der Waals surface area contributed by atoms with Gasteiger partial charge < -0.3 is 9.47 Å². The van der Waals surface area contributed by atoms with E-state index in [0.29, 0.717) is 5.92 Å². The average Bonchev–Trinajstić information content (AvgIpc) is 2.85. The van der Waals surface area contributed by atoms with Crippen molar-refractivity contribution in [3.63, 3.8) is 0 Å². The predicted octanol–water partition coefficient (Wildman–Crippen LogP) is 2.01. The first kappa shape index (κ1) is 13.3. The Bertz CT molecular complexity index is 359. The lowest BCUT2D eigenvalue weighted by atomic mass is 9.93. The maximum atomic E-state index is 5.67. The molecule has 3 N–H and O–H groups in total. The van der Waals surface area contributed by atoms with Gasteiger partial charge in [-0.1, -0.05) is 12.1 Å². The average molecular weight is 250 g/mol. The lowest BCUT2D eigenvalue weighted by Crippen LogP contribution is -2.33. The van der Waals surface area contributed by atoms with Gasteiger partial charge in [-0.2, -0.15) is 0 Å². The predicted molar refractivity (Wildman–Crippen MR) is 71.2 cm³/mol. The minimum atomic E-state index is 0.153. The van der Waals surface area contributed by atoms with Crippen LogP contribution in [0.25, 0.3) is 0 Å². The zero-order chi connectivity index (χ0) is 13.0. The third-order valence-electron chi connectivity index (χ3n) is 3.23. The first-order valence-electron chi connectivity index (χ1n) is 6.51. The number of hydrogen-bond donors (Lipinski definition) is 2. The lowest BCUT2D eigenvalue weighted by Gasteiger charge is -2.22. The van der Waals surface area contributed by atoms with E-state index in [-0.39, 0.29) is 12.1 Å². The van der Waals surface area contributed by atoms with Crippen LogP contribution in [0.5, 0.6) is 5.75 Å². The van der Waals surface area contributed by atoms with Crippen LogP contribution in [0.1, 0.15) is 31.9 Å². The van der Waals surface area contributed by atoms with Crippen LogP contribution in [0.15, 0.2) is 24.3 Å².